The lowest BCUT2D eigenvalue weighted by atomic mass is 10.1. The minimum atomic E-state index is 0.767. The second kappa shape index (κ2) is 5.70. The molecule has 0 unspecified atom stereocenters. The number of rotatable bonds is 2. The van der Waals surface area contributed by atoms with Crippen LogP contribution >= 0.6 is 27.7 Å². The zero-order chi connectivity index (χ0) is 14.9. The van der Waals surface area contributed by atoms with Gasteiger partial charge in [0.05, 0.1) is 5.71 Å². The lowest BCUT2D eigenvalue weighted by Crippen LogP contribution is -2.13. The molecular formula is C16H11BrN4S. The Kier molecular flexibility index (Phi) is 3.56. The predicted molar refractivity (Wildman–Crippen MR) is 92.3 cm³/mol. The number of aromatic nitrogens is 3. The molecule has 6 heteroatoms. The topological polar surface area (TPSA) is 43.1 Å². The van der Waals surface area contributed by atoms with Gasteiger partial charge in [0.25, 0.3) is 0 Å². The lowest BCUT2D eigenvalue weighted by Gasteiger charge is -2.13. The van der Waals surface area contributed by atoms with Gasteiger partial charge in [-0.15, -0.1) is 10.2 Å². The van der Waals surface area contributed by atoms with Gasteiger partial charge in [0.2, 0.25) is 5.16 Å². The van der Waals surface area contributed by atoms with Gasteiger partial charge in [-0.3, -0.25) is 0 Å². The summed E-state index contributed by atoms with van der Waals surface area (Å²) in [7, 11) is 0. The summed E-state index contributed by atoms with van der Waals surface area (Å²) in [6.07, 6.45) is 0. The molecule has 2 aromatic carbocycles. The molecule has 0 N–H and O–H groups in total. The summed E-state index contributed by atoms with van der Waals surface area (Å²) in [4.78, 5) is 0. The molecule has 0 saturated carbocycles. The average Bonchev–Trinajstić information content (AvgIpc) is 2.99. The van der Waals surface area contributed by atoms with Crippen molar-refractivity contribution in [2.45, 2.75) is 5.16 Å². The molecule has 1 aliphatic heterocycles. The molecular weight excluding hydrogens is 360 g/mol. The van der Waals surface area contributed by atoms with Crippen molar-refractivity contribution in [3.63, 3.8) is 0 Å². The summed E-state index contributed by atoms with van der Waals surface area (Å²) in [6.45, 7) is 0. The molecule has 0 aliphatic carbocycles. The zero-order valence-corrected chi connectivity index (χ0v) is 13.9. The molecule has 108 valence electrons. The van der Waals surface area contributed by atoms with Gasteiger partial charge in [0.1, 0.15) is 0 Å². The Labute approximate surface area is 140 Å². The molecule has 0 amide bonds. The Morgan fingerprint density at radius 1 is 0.909 bits per heavy atom. The normalized spacial score (nSPS) is 13.6. The SMILES string of the molecule is Brc1ccc(-c2nnc3n2N=C(c2ccccc2)CS3)cc1. The van der Waals surface area contributed by atoms with Crippen molar-refractivity contribution in [2.75, 3.05) is 5.75 Å². The smallest absolute Gasteiger partial charge is 0.187 e. The van der Waals surface area contributed by atoms with E-state index in [1.165, 1.54) is 0 Å². The van der Waals surface area contributed by atoms with Gasteiger partial charge < -0.3 is 0 Å². The second-order valence-electron chi connectivity index (χ2n) is 4.83. The number of benzene rings is 2. The monoisotopic (exact) mass is 370 g/mol. The molecule has 0 saturated heterocycles. The molecule has 0 fully saturated rings. The van der Waals surface area contributed by atoms with Gasteiger partial charge in [-0.1, -0.05) is 70.2 Å². The largest absolute Gasteiger partial charge is 0.212 e. The van der Waals surface area contributed by atoms with Gasteiger partial charge in [-0.05, 0) is 17.7 Å². The standard InChI is InChI=1S/C16H11BrN4S/c17-13-8-6-12(7-9-13)15-18-19-16-21(15)20-14(10-22-16)11-4-2-1-3-5-11/h1-9H,10H2. The quantitative estimate of drug-likeness (QED) is 0.682. The fourth-order valence-electron chi connectivity index (χ4n) is 2.28. The maximum Gasteiger partial charge on any atom is 0.212 e. The summed E-state index contributed by atoms with van der Waals surface area (Å²) < 4.78 is 2.87. The minimum absolute atomic E-state index is 0.767. The molecule has 0 bridgehead atoms. The van der Waals surface area contributed by atoms with Gasteiger partial charge in [0.15, 0.2) is 5.82 Å². The summed E-state index contributed by atoms with van der Waals surface area (Å²) in [6, 6.07) is 18.2. The summed E-state index contributed by atoms with van der Waals surface area (Å²) in [5, 5.41) is 14.1. The Morgan fingerprint density at radius 2 is 1.68 bits per heavy atom. The Bertz CT molecular complexity index is 840. The zero-order valence-electron chi connectivity index (χ0n) is 11.5. The highest BCUT2D eigenvalue weighted by atomic mass is 79.9. The van der Waals surface area contributed by atoms with E-state index in [-0.39, 0.29) is 0 Å². The fraction of sp³-hybridized carbons (Fsp3) is 0.0625. The van der Waals surface area contributed by atoms with Crippen LogP contribution < -0.4 is 0 Å². The molecule has 2 heterocycles. The first-order valence-corrected chi connectivity index (χ1v) is 8.56. The van der Waals surface area contributed by atoms with Gasteiger partial charge in [0, 0.05) is 15.8 Å². The lowest BCUT2D eigenvalue weighted by molar-refractivity contribution is 0.762. The van der Waals surface area contributed by atoms with Crippen LogP contribution in [0.3, 0.4) is 0 Å². The number of hydrogen-bond acceptors (Lipinski definition) is 4. The van der Waals surface area contributed by atoms with Crippen LogP contribution in [0.1, 0.15) is 5.56 Å². The third-order valence-corrected chi connectivity index (χ3v) is 4.84. The third kappa shape index (κ3) is 2.48. The number of hydrogen-bond donors (Lipinski definition) is 0. The minimum Gasteiger partial charge on any atom is -0.187 e. The highest BCUT2D eigenvalue weighted by Crippen LogP contribution is 2.28. The molecule has 3 aromatic rings. The molecule has 4 nitrogen and oxygen atoms in total. The number of thioether (sulfide) groups is 1. The fourth-order valence-corrected chi connectivity index (χ4v) is 3.38. The molecule has 1 aromatic heterocycles. The van der Waals surface area contributed by atoms with Crippen molar-refractivity contribution in [3.05, 3.63) is 64.6 Å². The number of fused-ring (bicyclic) bond motifs is 1. The second-order valence-corrected chi connectivity index (χ2v) is 6.68. The van der Waals surface area contributed by atoms with Crippen molar-refractivity contribution in [1.82, 2.24) is 14.9 Å². The Hall–Kier alpha value is -1.92. The maximum atomic E-state index is 4.75. The highest BCUT2D eigenvalue weighted by Gasteiger charge is 2.20. The van der Waals surface area contributed by atoms with E-state index in [0.29, 0.717) is 0 Å². The maximum absolute atomic E-state index is 4.75. The Morgan fingerprint density at radius 3 is 2.45 bits per heavy atom. The van der Waals surface area contributed by atoms with Crippen molar-refractivity contribution in [3.8, 4) is 11.4 Å². The predicted octanol–water partition coefficient (Wildman–Crippen LogP) is 4.07. The van der Waals surface area contributed by atoms with Crippen LogP contribution in [0.4, 0.5) is 0 Å². The number of nitrogens with zero attached hydrogens (tertiary/aromatic N) is 4. The van der Waals surface area contributed by atoms with E-state index >= 15 is 0 Å². The molecule has 4 rings (SSSR count). The molecule has 0 radical (unpaired) electrons. The van der Waals surface area contributed by atoms with Crippen LogP contribution in [0, 0.1) is 0 Å². The summed E-state index contributed by atoms with van der Waals surface area (Å²) in [5.74, 6) is 1.57. The van der Waals surface area contributed by atoms with E-state index < -0.39 is 0 Å². The third-order valence-electron chi connectivity index (χ3n) is 3.38. The first-order valence-electron chi connectivity index (χ1n) is 6.79. The van der Waals surface area contributed by atoms with E-state index in [9.17, 15) is 0 Å². The van der Waals surface area contributed by atoms with Crippen molar-refractivity contribution in [2.24, 2.45) is 5.10 Å². The van der Waals surface area contributed by atoms with Gasteiger partial charge in [-0.25, -0.2) is 0 Å². The number of halogens is 1. The highest BCUT2D eigenvalue weighted by molar-refractivity contribution is 9.10. The van der Waals surface area contributed by atoms with E-state index in [1.807, 2.05) is 47.1 Å². The molecule has 1 aliphatic rings. The molecule has 22 heavy (non-hydrogen) atoms. The van der Waals surface area contributed by atoms with E-state index in [1.54, 1.807) is 11.8 Å². The van der Waals surface area contributed by atoms with E-state index in [2.05, 4.69) is 38.3 Å². The van der Waals surface area contributed by atoms with Gasteiger partial charge in [-0.2, -0.15) is 9.78 Å². The summed E-state index contributed by atoms with van der Waals surface area (Å²) >= 11 is 5.11. The average molecular weight is 371 g/mol. The summed E-state index contributed by atoms with van der Waals surface area (Å²) in [5.41, 5.74) is 3.17. The molecule has 0 spiro atoms. The van der Waals surface area contributed by atoms with E-state index in [4.69, 9.17) is 5.10 Å². The van der Waals surface area contributed by atoms with Crippen LogP contribution in [0.2, 0.25) is 0 Å². The Balaban J connectivity index is 1.80. The van der Waals surface area contributed by atoms with Crippen molar-refractivity contribution in [1.29, 1.82) is 0 Å². The van der Waals surface area contributed by atoms with E-state index in [0.717, 1.165) is 38.0 Å². The van der Waals surface area contributed by atoms with Crippen LogP contribution in [-0.2, 0) is 0 Å². The molecule has 0 atom stereocenters. The van der Waals surface area contributed by atoms with Crippen molar-refractivity contribution < 1.29 is 0 Å². The van der Waals surface area contributed by atoms with Crippen LogP contribution in [0.15, 0.2) is 69.3 Å². The van der Waals surface area contributed by atoms with Crippen LogP contribution in [0.5, 0.6) is 0 Å². The van der Waals surface area contributed by atoms with Gasteiger partial charge >= 0.3 is 0 Å². The van der Waals surface area contributed by atoms with Crippen molar-refractivity contribution >= 4 is 33.4 Å². The first-order chi connectivity index (χ1) is 10.8. The van der Waals surface area contributed by atoms with Crippen LogP contribution in [0.25, 0.3) is 11.4 Å². The van der Waals surface area contributed by atoms with Crippen LogP contribution in [-0.4, -0.2) is 26.3 Å². The first kappa shape index (κ1) is 13.7.